The number of ether oxygens (including phenoxy) is 3. The molecule has 4 nitrogen and oxygen atoms in total. The SMILES string of the molecule is COc1cccc(-c2cc3ccccc3c3[n+]2C(OC)CO3)c1. The van der Waals surface area contributed by atoms with Gasteiger partial charge in [-0.2, -0.15) is 0 Å². The number of nitrogens with zero attached hydrogens (tertiary/aromatic N) is 1. The van der Waals surface area contributed by atoms with Gasteiger partial charge in [-0.25, -0.2) is 0 Å². The molecule has 116 valence electrons. The van der Waals surface area contributed by atoms with Crippen molar-refractivity contribution in [2.75, 3.05) is 20.8 Å². The highest BCUT2D eigenvalue weighted by Crippen LogP contribution is 2.33. The van der Waals surface area contributed by atoms with Gasteiger partial charge >= 0.3 is 12.1 Å². The molecule has 0 amide bonds. The molecular formula is C19H18NO3+. The smallest absolute Gasteiger partial charge is 0.379 e. The predicted octanol–water partition coefficient (Wildman–Crippen LogP) is 3.34. The summed E-state index contributed by atoms with van der Waals surface area (Å²) in [5.74, 6) is 1.69. The molecule has 0 saturated heterocycles. The molecule has 0 saturated carbocycles. The molecule has 1 unspecified atom stereocenters. The van der Waals surface area contributed by atoms with Crippen LogP contribution in [0.5, 0.6) is 11.6 Å². The molecule has 1 aliphatic rings. The second-order valence-electron chi connectivity index (χ2n) is 5.53. The Labute approximate surface area is 134 Å². The van der Waals surface area contributed by atoms with Gasteiger partial charge in [0.2, 0.25) is 5.69 Å². The first kappa shape index (κ1) is 14.0. The largest absolute Gasteiger partial charge is 0.497 e. The van der Waals surface area contributed by atoms with Crippen molar-refractivity contribution in [1.82, 2.24) is 0 Å². The minimum absolute atomic E-state index is 0.129. The molecule has 4 heteroatoms. The zero-order chi connectivity index (χ0) is 15.8. The summed E-state index contributed by atoms with van der Waals surface area (Å²) in [6.45, 7) is 0.515. The Morgan fingerprint density at radius 2 is 1.91 bits per heavy atom. The Kier molecular flexibility index (Phi) is 3.39. The third kappa shape index (κ3) is 2.23. The van der Waals surface area contributed by atoms with Gasteiger partial charge in [0.25, 0.3) is 0 Å². The summed E-state index contributed by atoms with van der Waals surface area (Å²) in [4.78, 5) is 0. The van der Waals surface area contributed by atoms with Crippen LogP contribution in [-0.4, -0.2) is 20.8 Å². The van der Waals surface area contributed by atoms with E-state index >= 15 is 0 Å². The van der Waals surface area contributed by atoms with Gasteiger partial charge in [-0.3, -0.25) is 0 Å². The number of benzene rings is 2. The molecule has 0 radical (unpaired) electrons. The van der Waals surface area contributed by atoms with Crippen molar-refractivity contribution in [1.29, 1.82) is 0 Å². The lowest BCUT2D eigenvalue weighted by atomic mass is 10.1. The maximum Gasteiger partial charge on any atom is 0.379 e. The molecule has 0 spiro atoms. The van der Waals surface area contributed by atoms with Crippen LogP contribution < -0.4 is 14.0 Å². The Morgan fingerprint density at radius 1 is 1.04 bits per heavy atom. The molecule has 0 aliphatic carbocycles. The Bertz CT molecular complexity index is 876. The van der Waals surface area contributed by atoms with Gasteiger partial charge in [-0.1, -0.05) is 24.3 Å². The van der Waals surface area contributed by atoms with E-state index in [4.69, 9.17) is 14.2 Å². The van der Waals surface area contributed by atoms with Gasteiger partial charge in [-0.15, -0.1) is 4.57 Å². The van der Waals surface area contributed by atoms with Gasteiger partial charge in [0.1, 0.15) is 5.75 Å². The summed E-state index contributed by atoms with van der Waals surface area (Å²) in [5, 5.41) is 2.24. The van der Waals surface area contributed by atoms with E-state index in [0.29, 0.717) is 6.61 Å². The summed E-state index contributed by atoms with van der Waals surface area (Å²) in [5.41, 5.74) is 2.13. The Hall–Kier alpha value is -2.59. The number of methoxy groups -OCH3 is 2. The van der Waals surface area contributed by atoms with Crippen molar-refractivity contribution in [3.05, 3.63) is 54.6 Å². The lowest BCUT2D eigenvalue weighted by Gasteiger charge is -2.09. The number of hydrogen-bond acceptors (Lipinski definition) is 3. The summed E-state index contributed by atoms with van der Waals surface area (Å²) >= 11 is 0. The molecule has 4 rings (SSSR count). The van der Waals surface area contributed by atoms with Gasteiger partial charge in [-0.05, 0) is 29.7 Å². The molecule has 23 heavy (non-hydrogen) atoms. The molecule has 1 aromatic heterocycles. The molecule has 3 aromatic rings. The lowest BCUT2D eigenvalue weighted by Crippen LogP contribution is -2.39. The van der Waals surface area contributed by atoms with E-state index in [9.17, 15) is 0 Å². The lowest BCUT2D eigenvalue weighted by molar-refractivity contribution is -0.731. The Balaban J connectivity index is 2.02. The van der Waals surface area contributed by atoms with E-state index in [2.05, 4.69) is 28.8 Å². The topological polar surface area (TPSA) is 31.6 Å². The number of hydrogen-bond donors (Lipinski definition) is 0. The van der Waals surface area contributed by atoms with Crippen molar-refractivity contribution in [3.8, 4) is 22.9 Å². The second-order valence-corrected chi connectivity index (χ2v) is 5.53. The van der Waals surface area contributed by atoms with Crippen molar-refractivity contribution in [2.45, 2.75) is 6.23 Å². The van der Waals surface area contributed by atoms with Crippen molar-refractivity contribution in [3.63, 3.8) is 0 Å². The van der Waals surface area contributed by atoms with Crippen molar-refractivity contribution in [2.24, 2.45) is 0 Å². The fraction of sp³-hybridized carbons (Fsp3) is 0.211. The highest BCUT2D eigenvalue weighted by Gasteiger charge is 2.38. The van der Waals surface area contributed by atoms with Crippen LogP contribution in [0, 0.1) is 0 Å². The second kappa shape index (κ2) is 5.56. The maximum absolute atomic E-state index is 5.94. The van der Waals surface area contributed by atoms with Gasteiger partial charge in [0.15, 0.2) is 6.61 Å². The third-order valence-corrected chi connectivity index (χ3v) is 4.25. The summed E-state index contributed by atoms with van der Waals surface area (Å²) < 4.78 is 19.0. The third-order valence-electron chi connectivity index (χ3n) is 4.25. The van der Waals surface area contributed by atoms with E-state index < -0.39 is 0 Å². The minimum atomic E-state index is -0.129. The molecule has 2 heterocycles. The quantitative estimate of drug-likeness (QED) is 0.696. The number of aromatic nitrogens is 1. The van der Waals surface area contributed by atoms with E-state index in [1.807, 2.05) is 30.3 Å². The Morgan fingerprint density at radius 3 is 2.74 bits per heavy atom. The molecule has 1 atom stereocenters. The average Bonchev–Trinajstić information content (AvgIpc) is 3.05. The fourth-order valence-electron chi connectivity index (χ4n) is 3.11. The van der Waals surface area contributed by atoms with Crippen molar-refractivity contribution < 1.29 is 18.8 Å². The summed E-state index contributed by atoms with van der Waals surface area (Å²) in [6, 6.07) is 18.5. The van der Waals surface area contributed by atoms with Crippen LogP contribution in [0.3, 0.4) is 0 Å². The first-order chi connectivity index (χ1) is 11.3. The van der Waals surface area contributed by atoms with Gasteiger partial charge in [0.05, 0.1) is 18.1 Å². The highest BCUT2D eigenvalue weighted by atomic mass is 16.6. The number of rotatable bonds is 3. The van der Waals surface area contributed by atoms with E-state index in [1.165, 1.54) is 0 Å². The highest BCUT2D eigenvalue weighted by molar-refractivity contribution is 5.88. The zero-order valence-electron chi connectivity index (χ0n) is 13.2. The maximum atomic E-state index is 5.94. The molecule has 1 aliphatic heterocycles. The van der Waals surface area contributed by atoms with Crippen LogP contribution >= 0.6 is 0 Å². The normalized spacial score (nSPS) is 16.2. The standard InChI is InChI=1S/C19H18NO3/c1-21-15-8-5-7-14(10-15)17-11-13-6-3-4-9-16(13)19-20(17)18(22-2)12-23-19/h3-11,18H,12H2,1-2H3/q+1. The molecule has 0 N–H and O–H groups in total. The van der Waals surface area contributed by atoms with Crippen LogP contribution in [0.15, 0.2) is 54.6 Å². The predicted molar refractivity (Wildman–Crippen MR) is 87.7 cm³/mol. The molecule has 0 fully saturated rings. The van der Waals surface area contributed by atoms with Crippen LogP contribution in [0.25, 0.3) is 22.0 Å². The first-order valence-electron chi connectivity index (χ1n) is 7.59. The minimum Gasteiger partial charge on any atom is -0.497 e. The van der Waals surface area contributed by atoms with Gasteiger partial charge < -0.3 is 14.2 Å². The number of fused-ring (bicyclic) bond motifs is 3. The zero-order valence-corrected chi connectivity index (χ0v) is 13.2. The van der Waals surface area contributed by atoms with Crippen molar-refractivity contribution >= 4 is 10.8 Å². The van der Waals surface area contributed by atoms with Crippen LogP contribution in [0.1, 0.15) is 6.23 Å². The molecular weight excluding hydrogens is 290 g/mol. The number of pyridine rings is 1. The molecule has 0 bridgehead atoms. The first-order valence-corrected chi connectivity index (χ1v) is 7.59. The van der Waals surface area contributed by atoms with Crippen LogP contribution in [0.4, 0.5) is 0 Å². The van der Waals surface area contributed by atoms with E-state index in [0.717, 1.165) is 33.7 Å². The molecule has 2 aromatic carbocycles. The van der Waals surface area contributed by atoms with Gasteiger partial charge in [0, 0.05) is 13.2 Å². The van der Waals surface area contributed by atoms with Crippen LogP contribution in [-0.2, 0) is 4.74 Å². The fourth-order valence-corrected chi connectivity index (χ4v) is 3.11. The van der Waals surface area contributed by atoms with E-state index in [-0.39, 0.29) is 6.23 Å². The summed E-state index contributed by atoms with van der Waals surface area (Å²) in [7, 11) is 3.39. The van der Waals surface area contributed by atoms with Crippen LogP contribution in [0.2, 0.25) is 0 Å². The monoisotopic (exact) mass is 308 g/mol. The average molecular weight is 308 g/mol. The van der Waals surface area contributed by atoms with E-state index in [1.54, 1.807) is 14.2 Å². The summed E-state index contributed by atoms with van der Waals surface area (Å²) in [6.07, 6.45) is -0.129.